The maximum absolute atomic E-state index is 12.3. The fourth-order valence-corrected chi connectivity index (χ4v) is 2.69. The number of halogens is 1. The number of carbonyl (C=O) groups excluding carboxylic acids is 3. The van der Waals surface area contributed by atoms with Crippen molar-refractivity contribution in [3.8, 4) is 5.75 Å². The lowest BCUT2D eigenvalue weighted by atomic mass is 10.1. The Morgan fingerprint density at radius 2 is 1.90 bits per heavy atom. The van der Waals surface area contributed by atoms with Crippen LogP contribution in [0.25, 0.3) is 0 Å². The lowest BCUT2D eigenvalue weighted by Crippen LogP contribution is -2.30. The molecule has 1 aliphatic rings. The Kier molecular flexibility index (Phi) is 6.72. The maximum Gasteiger partial charge on any atom is 0.347 e. The summed E-state index contributed by atoms with van der Waals surface area (Å²) in [6.07, 6.45) is 1.01. The molecule has 8 heteroatoms. The summed E-state index contributed by atoms with van der Waals surface area (Å²) in [5.41, 5.74) is 0.714. The molecule has 0 spiro atoms. The summed E-state index contributed by atoms with van der Waals surface area (Å²) < 4.78 is 10.5. The number of rotatable bonds is 8. The molecule has 3 rings (SSSR count). The molecule has 1 unspecified atom stereocenters. The zero-order valence-corrected chi connectivity index (χ0v) is 16.6. The average molecular weight is 417 g/mol. The Hall–Kier alpha value is -3.06. The molecule has 0 bridgehead atoms. The lowest BCUT2D eigenvalue weighted by molar-refractivity contribution is -0.153. The van der Waals surface area contributed by atoms with Crippen LogP contribution in [-0.2, 0) is 14.3 Å². The molecule has 2 aromatic rings. The highest BCUT2D eigenvalue weighted by atomic mass is 35.5. The van der Waals surface area contributed by atoms with Crippen LogP contribution in [0, 0.1) is 0 Å². The molecular weight excluding hydrogens is 396 g/mol. The molecule has 0 aliphatic heterocycles. The van der Waals surface area contributed by atoms with E-state index < -0.39 is 24.6 Å². The highest BCUT2D eigenvalue weighted by Crippen LogP contribution is 2.22. The van der Waals surface area contributed by atoms with E-state index in [0.29, 0.717) is 22.0 Å². The van der Waals surface area contributed by atoms with Crippen LogP contribution in [0.15, 0.2) is 48.5 Å². The van der Waals surface area contributed by atoms with Crippen molar-refractivity contribution in [2.24, 2.45) is 0 Å². The number of carbonyl (C=O) groups is 3. The largest absolute Gasteiger partial charge is 0.479 e. The SMILES string of the molecule is CC(Oc1cccc(Cl)c1)C(=O)OCC(=O)Nc1ccccc1C(=O)NC1CC1. The minimum atomic E-state index is -0.919. The number of nitrogens with one attached hydrogen (secondary N) is 2. The van der Waals surface area contributed by atoms with E-state index in [1.165, 1.54) is 6.92 Å². The number of esters is 1. The van der Waals surface area contributed by atoms with E-state index in [-0.39, 0.29) is 11.9 Å². The Morgan fingerprint density at radius 1 is 1.14 bits per heavy atom. The number of benzene rings is 2. The molecule has 1 atom stereocenters. The quantitative estimate of drug-likeness (QED) is 0.644. The van der Waals surface area contributed by atoms with Gasteiger partial charge in [-0.05, 0) is 50.1 Å². The Morgan fingerprint density at radius 3 is 2.62 bits per heavy atom. The van der Waals surface area contributed by atoms with E-state index >= 15 is 0 Å². The first kappa shape index (κ1) is 20.7. The molecule has 0 radical (unpaired) electrons. The predicted molar refractivity (Wildman–Crippen MR) is 108 cm³/mol. The zero-order valence-electron chi connectivity index (χ0n) is 15.8. The molecule has 2 aromatic carbocycles. The second-order valence-corrected chi connectivity index (χ2v) is 7.10. The highest BCUT2D eigenvalue weighted by molar-refractivity contribution is 6.30. The molecule has 0 heterocycles. The van der Waals surface area contributed by atoms with E-state index in [0.717, 1.165) is 12.8 Å². The van der Waals surface area contributed by atoms with Gasteiger partial charge in [0.1, 0.15) is 5.75 Å². The molecule has 7 nitrogen and oxygen atoms in total. The van der Waals surface area contributed by atoms with E-state index in [4.69, 9.17) is 21.1 Å². The van der Waals surface area contributed by atoms with Gasteiger partial charge in [0.15, 0.2) is 12.7 Å². The van der Waals surface area contributed by atoms with Crippen LogP contribution >= 0.6 is 11.6 Å². The van der Waals surface area contributed by atoms with Gasteiger partial charge in [-0.25, -0.2) is 4.79 Å². The van der Waals surface area contributed by atoms with Crippen LogP contribution in [0.1, 0.15) is 30.1 Å². The summed E-state index contributed by atoms with van der Waals surface area (Å²) in [5, 5.41) is 5.95. The van der Waals surface area contributed by atoms with E-state index in [1.54, 1.807) is 48.5 Å². The Labute approximate surface area is 173 Å². The third kappa shape index (κ3) is 6.22. The summed E-state index contributed by atoms with van der Waals surface area (Å²) in [6.45, 7) is 1.01. The van der Waals surface area contributed by atoms with Crippen molar-refractivity contribution in [1.82, 2.24) is 5.32 Å². The minimum Gasteiger partial charge on any atom is -0.479 e. The molecule has 0 aromatic heterocycles. The molecule has 1 aliphatic carbocycles. The van der Waals surface area contributed by atoms with Gasteiger partial charge >= 0.3 is 5.97 Å². The number of hydrogen-bond donors (Lipinski definition) is 2. The third-order valence-corrected chi connectivity index (χ3v) is 4.38. The third-order valence-electron chi connectivity index (χ3n) is 4.14. The summed E-state index contributed by atoms with van der Waals surface area (Å²) in [7, 11) is 0. The van der Waals surface area contributed by atoms with Crippen LogP contribution in [0.5, 0.6) is 5.75 Å². The van der Waals surface area contributed by atoms with Gasteiger partial charge in [-0.15, -0.1) is 0 Å². The maximum atomic E-state index is 12.3. The summed E-state index contributed by atoms with van der Waals surface area (Å²) in [5.74, 6) is -1.08. The van der Waals surface area contributed by atoms with E-state index in [9.17, 15) is 14.4 Å². The van der Waals surface area contributed by atoms with E-state index in [2.05, 4.69) is 10.6 Å². The van der Waals surface area contributed by atoms with Gasteiger partial charge in [-0.3, -0.25) is 9.59 Å². The van der Waals surface area contributed by atoms with Crippen LogP contribution in [-0.4, -0.2) is 36.5 Å². The summed E-state index contributed by atoms with van der Waals surface area (Å²) in [6, 6.07) is 13.5. The van der Waals surface area contributed by atoms with Crippen LogP contribution in [0.4, 0.5) is 5.69 Å². The summed E-state index contributed by atoms with van der Waals surface area (Å²) in [4.78, 5) is 36.5. The first-order valence-electron chi connectivity index (χ1n) is 9.21. The van der Waals surface area contributed by atoms with Crippen LogP contribution in [0.2, 0.25) is 5.02 Å². The van der Waals surface area contributed by atoms with Gasteiger partial charge in [-0.2, -0.15) is 0 Å². The number of para-hydroxylation sites is 1. The van der Waals surface area contributed by atoms with Crippen molar-refractivity contribution in [1.29, 1.82) is 0 Å². The van der Waals surface area contributed by atoms with Crippen molar-refractivity contribution in [3.05, 3.63) is 59.1 Å². The second kappa shape index (κ2) is 9.43. The number of anilines is 1. The highest BCUT2D eigenvalue weighted by Gasteiger charge is 2.25. The van der Waals surface area contributed by atoms with Crippen molar-refractivity contribution in [2.75, 3.05) is 11.9 Å². The zero-order chi connectivity index (χ0) is 20.8. The monoisotopic (exact) mass is 416 g/mol. The van der Waals surface area contributed by atoms with Gasteiger partial charge in [0.25, 0.3) is 11.8 Å². The number of ether oxygens (including phenoxy) is 2. The minimum absolute atomic E-state index is 0.202. The summed E-state index contributed by atoms with van der Waals surface area (Å²) >= 11 is 5.88. The van der Waals surface area contributed by atoms with E-state index in [1.807, 2.05) is 0 Å². The number of amides is 2. The van der Waals surface area contributed by atoms with Crippen LogP contribution in [0.3, 0.4) is 0 Å². The Balaban J connectivity index is 1.50. The molecule has 0 saturated heterocycles. The predicted octanol–water partition coefficient (Wildman–Crippen LogP) is 3.18. The molecule has 2 amide bonds. The Bertz CT molecular complexity index is 913. The fraction of sp³-hybridized carbons (Fsp3) is 0.286. The van der Waals surface area contributed by atoms with Crippen molar-refractivity contribution >= 4 is 35.1 Å². The normalized spacial score (nSPS) is 13.9. The molecule has 152 valence electrons. The molecule has 1 saturated carbocycles. The average Bonchev–Trinajstić information content (AvgIpc) is 3.50. The number of hydrogen-bond acceptors (Lipinski definition) is 5. The second-order valence-electron chi connectivity index (χ2n) is 6.67. The first-order chi connectivity index (χ1) is 13.9. The first-order valence-corrected chi connectivity index (χ1v) is 9.59. The van der Waals surface area contributed by atoms with Crippen LogP contribution < -0.4 is 15.4 Å². The molecule has 1 fully saturated rings. The van der Waals surface area contributed by atoms with Crippen molar-refractivity contribution < 1.29 is 23.9 Å². The molecule has 29 heavy (non-hydrogen) atoms. The molecule has 2 N–H and O–H groups in total. The van der Waals surface area contributed by atoms with Gasteiger partial charge in [0.05, 0.1) is 11.3 Å². The standard InChI is InChI=1S/C21H21ClN2O5/c1-13(29-16-6-4-5-14(22)11-16)21(27)28-12-19(25)24-18-8-3-2-7-17(18)20(26)23-15-9-10-15/h2-8,11,13,15H,9-10,12H2,1H3,(H,23,26)(H,24,25). The van der Waals surface area contributed by atoms with Gasteiger partial charge < -0.3 is 20.1 Å². The van der Waals surface area contributed by atoms with Crippen molar-refractivity contribution in [3.63, 3.8) is 0 Å². The molecular formula is C21H21ClN2O5. The fourth-order valence-electron chi connectivity index (χ4n) is 2.51. The van der Waals surface area contributed by atoms with Crippen molar-refractivity contribution in [2.45, 2.75) is 31.9 Å². The topological polar surface area (TPSA) is 93.7 Å². The van der Waals surface area contributed by atoms with Gasteiger partial charge in [-0.1, -0.05) is 29.8 Å². The lowest BCUT2D eigenvalue weighted by Gasteiger charge is -2.15. The smallest absolute Gasteiger partial charge is 0.347 e. The van der Waals surface area contributed by atoms with Gasteiger partial charge in [0.2, 0.25) is 0 Å². The van der Waals surface area contributed by atoms with Gasteiger partial charge in [0, 0.05) is 11.1 Å².